The van der Waals surface area contributed by atoms with Gasteiger partial charge in [0.15, 0.2) is 5.76 Å². The van der Waals surface area contributed by atoms with Crippen molar-refractivity contribution in [2.75, 3.05) is 6.54 Å². The molecule has 0 atom stereocenters. The van der Waals surface area contributed by atoms with E-state index >= 15 is 0 Å². The normalized spacial score (nSPS) is 10.6. The number of benzene rings is 1. The van der Waals surface area contributed by atoms with Gasteiger partial charge in [0.1, 0.15) is 5.75 Å². The Kier molecular flexibility index (Phi) is 5.16. The zero-order valence-corrected chi connectivity index (χ0v) is 12.0. The molecule has 7 nitrogen and oxygen atoms in total. The molecule has 0 unspecified atom stereocenters. The molecule has 1 heterocycles. The molecule has 3 N–H and O–H groups in total. The van der Waals surface area contributed by atoms with E-state index < -0.39 is 11.8 Å². The van der Waals surface area contributed by atoms with E-state index in [0.717, 1.165) is 0 Å². The number of amides is 2. The van der Waals surface area contributed by atoms with Crippen LogP contribution in [-0.4, -0.2) is 29.7 Å². The number of hydrogen-bond donors (Lipinski definition) is 3. The van der Waals surface area contributed by atoms with Crippen LogP contribution in [-0.2, 0) is 4.79 Å². The van der Waals surface area contributed by atoms with Crippen molar-refractivity contribution in [1.82, 2.24) is 10.7 Å². The van der Waals surface area contributed by atoms with Gasteiger partial charge in [-0.2, -0.15) is 5.10 Å². The van der Waals surface area contributed by atoms with Crippen molar-refractivity contribution >= 4 is 29.6 Å². The van der Waals surface area contributed by atoms with E-state index in [4.69, 9.17) is 16.0 Å². The van der Waals surface area contributed by atoms with Gasteiger partial charge in [0.25, 0.3) is 11.8 Å². The van der Waals surface area contributed by atoms with Crippen LogP contribution in [0.15, 0.2) is 46.1 Å². The lowest BCUT2D eigenvalue weighted by molar-refractivity contribution is -0.120. The van der Waals surface area contributed by atoms with Gasteiger partial charge in [-0.05, 0) is 30.3 Å². The van der Waals surface area contributed by atoms with Crippen molar-refractivity contribution in [1.29, 1.82) is 0 Å². The van der Waals surface area contributed by atoms with Gasteiger partial charge in [-0.1, -0.05) is 11.6 Å². The number of hydrazone groups is 1. The van der Waals surface area contributed by atoms with E-state index in [1.165, 1.54) is 36.7 Å². The highest BCUT2D eigenvalue weighted by Gasteiger charge is 2.09. The van der Waals surface area contributed by atoms with Crippen molar-refractivity contribution in [3.63, 3.8) is 0 Å². The molecular formula is C14H12ClN3O4. The molecule has 0 fully saturated rings. The highest BCUT2D eigenvalue weighted by atomic mass is 35.5. The summed E-state index contributed by atoms with van der Waals surface area (Å²) in [5.41, 5.74) is 2.56. The molecule has 2 amide bonds. The minimum absolute atomic E-state index is 0.0199. The topological polar surface area (TPSA) is 104 Å². The van der Waals surface area contributed by atoms with Gasteiger partial charge < -0.3 is 14.8 Å². The summed E-state index contributed by atoms with van der Waals surface area (Å²) in [6.45, 7) is -0.265. The zero-order valence-electron chi connectivity index (χ0n) is 11.2. The Morgan fingerprint density at radius 3 is 2.91 bits per heavy atom. The summed E-state index contributed by atoms with van der Waals surface area (Å²) in [4.78, 5) is 23.0. The number of carbonyl (C=O) groups excluding carboxylic acids is 2. The number of nitrogens with zero attached hydrogens (tertiary/aromatic N) is 1. The highest BCUT2D eigenvalue weighted by molar-refractivity contribution is 6.30. The van der Waals surface area contributed by atoms with Crippen LogP contribution in [0.1, 0.15) is 16.1 Å². The molecule has 0 bridgehead atoms. The Morgan fingerprint density at radius 1 is 1.36 bits per heavy atom. The predicted octanol–water partition coefficient (Wildman–Crippen LogP) is 1.52. The first-order valence-electron chi connectivity index (χ1n) is 6.18. The third kappa shape index (κ3) is 4.35. The number of hydrogen-bond acceptors (Lipinski definition) is 5. The Labute approximate surface area is 130 Å². The van der Waals surface area contributed by atoms with Crippen LogP contribution in [0.3, 0.4) is 0 Å². The average Bonchev–Trinajstić information content (AvgIpc) is 3.02. The molecule has 0 radical (unpaired) electrons. The van der Waals surface area contributed by atoms with Crippen LogP contribution in [0, 0.1) is 0 Å². The summed E-state index contributed by atoms with van der Waals surface area (Å²) in [5, 5.41) is 16.0. The molecule has 1 aromatic heterocycles. The second-order valence-corrected chi connectivity index (χ2v) is 4.59. The molecule has 2 aromatic rings. The van der Waals surface area contributed by atoms with Crippen LogP contribution in [0.2, 0.25) is 5.02 Å². The molecule has 2 rings (SSSR count). The number of nitrogens with one attached hydrogen (secondary N) is 2. The Bertz CT molecular complexity index is 698. The fourth-order valence-corrected chi connectivity index (χ4v) is 1.68. The van der Waals surface area contributed by atoms with Crippen LogP contribution < -0.4 is 10.7 Å². The SMILES string of the molecule is O=C(CNC(=O)c1ccco1)NN=Cc1cc(Cl)ccc1O. The Balaban J connectivity index is 1.81. The first-order valence-corrected chi connectivity index (χ1v) is 6.56. The number of rotatable bonds is 5. The third-order valence-corrected chi connectivity index (χ3v) is 2.77. The van der Waals surface area contributed by atoms with Gasteiger partial charge in [0.05, 0.1) is 19.0 Å². The molecule has 1 aromatic carbocycles. The first-order chi connectivity index (χ1) is 10.6. The average molecular weight is 322 g/mol. The van der Waals surface area contributed by atoms with Crippen molar-refractivity contribution in [2.24, 2.45) is 5.10 Å². The molecule has 0 aliphatic heterocycles. The smallest absolute Gasteiger partial charge is 0.287 e. The second kappa shape index (κ2) is 7.28. The number of furan rings is 1. The van der Waals surface area contributed by atoms with E-state index in [1.807, 2.05) is 0 Å². The highest BCUT2D eigenvalue weighted by Crippen LogP contribution is 2.19. The summed E-state index contributed by atoms with van der Waals surface area (Å²) in [5.74, 6) is -0.942. The minimum Gasteiger partial charge on any atom is -0.507 e. The molecule has 0 saturated carbocycles. The summed E-state index contributed by atoms with van der Waals surface area (Å²) in [7, 11) is 0. The zero-order chi connectivity index (χ0) is 15.9. The molecule has 0 aliphatic rings. The van der Waals surface area contributed by atoms with E-state index in [0.29, 0.717) is 10.6 Å². The lowest BCUT2D eigenvalue weighted by Crippen LogP contribution is -2.34. The fourth-order valence-electron chi connectivity index (χ4n) is 1.50. The maximum absolute atomic E-state index is 11.5. The van der Waals surface area contributed by atoms with Crippen LogP contribution in [0.4, 0.5) is 0 Å². The molecule has 0 spiro atoms. The predicted molar refractivity (Wildman–Crippen MR) is 79.9 cm³/mol. The standard InChI is InChI=1S/C14H12ClN3O4/c15-10-3-4-11(19)9(6-10)7-17-18-13(20)8-16-14(21)12-2-1-5-22-12/h1-7,19H,8H2,(H,16,21)(H,18,20). The quantitative estimate of drug-likeness (QED) is 0.573. The molecular weight excluding hydrogens is 310 g/mol. The van der Waals surface area contributed by atoms with Gasteiger partial charge in [0.2, 0.25) is 0 Å². The maximum atomic E-state index is 11.5. The number of carbonyl (C=O) groups is 2. The summed E-state index contributed by atoms with van der Waals surface area (Å²) in [6, 6.07) is 7.47. The van der Waals surface area contributed by atoms with E-state index in [2.05, 4.69) is 15.8 Å². The minimum atomic E-state index is -0.530. The van der Waals surface area contributed by atoms with Gasteiger partial charge in [-0.15, -0.1) is 0 Å². The number of halogens is 1. The summed E-state index contributed by atoms with van der Waals surface area (Å²) >= 11 is 5.78. The van der Waals surface area contributed by atoms with E-state index in [9.17, 15) is 14.7 Å². The number of phenolic OH excluding ortho intramolecular Hbond substituents is 1. The lowest BCUT2D eigenvalue weighted by Gasteiger charge is -2.02. The van der Waals surface area contributed by atoms with Crippen molar-refractivity contribution in [2.45, 2.75) is 0 Å². The van der Waals surface area contributed by atoms with Gasteiger partial charge >= 0.3 is 0 Å². The van der Waals surface area contributed by atoms with E-state index in [1.54, 1.807) is 6.07 Å². The number of phenols is 1. The summed E-state index contributed by atoms with van der Waals surface area (Å²) < 4.78 is 4.88. The van der Waals surface area contributed by atoms with Crippen LogP contribution in [0.5, 0.6) is 5.75 Å². The molecule has 114 valence electrons. The summed E-state index contributed by atoms with van der Waals surface area (Å²) in [6.07, 6.45) is 2.60. The monoisotopic (exact) mass is 321 g/mol. The van der Waals surface area contributed by atoms with Crippen molar-refractivity contribution in [3.05, 3.63) is 52.9 Å². The number of aromatic hydroxyl groups is 1. The van der Waals surface area contributed by atoms with Gasteiger partial charge in [-0.3, -0.25) is 9.59 Å². The Hall–Kier alpha value is -2.80. The Morgan fingerprint density at radius 2 is 2.18 bits per heavy atom. The lowest BCUT2D eigenvalue weighted by atomic mass is 10.2. The van der Waals surface area contributed by atoms with E-state index in [-0.39, 0.29) is 18.1 Å². The molecule has 8 heteroatoms. The van der Waals surface area contributed by atoms with Crippen molar-refractivity contribution in [3.8, 4) is 5.75 Å². The van der Waals surface area contributed by atoms with Crippen LogP contribution in [0.25, 0.3) is 0 Å². The molecule has 0 aliphatic carbocycles. The molecule has 22 heavy (non-hydrogen) atoms. The first kappa shape index (κ1) is 15.6. The maximum Gasteiger partial charge on any atom is 0.287 e. The fraction of sp³-hybridized carbons (Fsp3) is 0.0714. The third-order valence-electron chi connectivity index (χ3n) is 2.54. The van der Waals surface area contributed by atoms with Gasteiger partial charge in [-0.25, -0.2) is 5.43 Å². The molecule has 0 saturated heterocycles. The van der Waals surface area contributed by atoms with Crippen molar-refractivity contribution < 1.29 is 19.1 Å². The largest absolute Gasteiger partial charge is 0.507 e. The van der Waals surface area contributed by atoms with Gasteiger partial charge in [0, 0.05) is 10.6 Å². The van der Waals surface area contributed by atoms with Crippen LogP contribution >= 0.6 is 11.6 Å². The second-order valence-electron chi connectivity index (χ2n) is 4.16.